The van der Waals surface area contributed by atoms with Gasteiger partial charge in [0.1, 0.15) is 0 Å². The Morgan fingerprint density at radius 3 is 2.50 bits per heavy atom. The van der Waals surface area contributed by atoms with E-state index in [9.17, 15) is 0 Å². The fourth-order valence-corrected chi connectivity index (χ4v) is 1.43. The molecule has 1 aromatic heterocycles. The SMILES string of the molecule is C#CCNc1nc(NCC2CC2)nc(N(C)OC)n1.Cl. The maximum Gasteiger partial charge on any atom is 0.256 e. The monoisotopic (exact) mass is 298 g/mol. The normalized spacial score (nSPS) is 13.1. The van der Waals surface area contributed by atoms with Crippen molar-refractivity contribution in [2.45, 2.75) is 12.8 Å². The van der Waals surface area contributed by atoms with Crippen molar-refractivity contribution in [1.82, 2.24) is 15.0 Å². The van der Waals surface area contributed by atoms with Crippen LogP contribution in [-0.4, -0.2) is 42.2 Å². The molecule has 7 nitrogen and oxygen atoms in total. The van der Waals surface area contributed by atoms with E-state index in [0.29, 0.717) is 24.4 Å². The van der Waals surface area contributed by atoms with E-state index in [0.717, 1.165) is 12.5 Å². The van der Waals surface area contributed by atoms with Crippen LogP contribution in [0.5, 0.6) is 0 Å². The van der Waals surface area contributed by atoms with Crippen LogP contribution in [0.2, 0.25) is 0 Å². The molecule has 0 unspecified atom stereocenters. The second-order valence-corrected chi connectivity index (χ2v) is 4.34. The number of nitrogens with one attached hydrogen (secondary N) is 2. The number of aromatic nitrogens is 3. The highest BCUT2D eigenvalue weighted by Gasteiger charge is 2.21. The molecule has 110 valence electrons. The number of hydrogen-bond donors (Lipinski definition) is 2. The van der Waals surface area contributed by atoms with Crippen molar-refractivity contribution in [3.8, 4) is 12.3 Å². The molecule has 1 aliphatic rings. The Bertz CT molecular complexity index is 474. The predicted molar refractivity (Wildman–Crippen MR) is 81.0 cm³/mol. The molecule has 1 aromatic rings. The Morgan fingerprint density at radius 2 is 1.95 bits per heavy atom. The Morgan fingerprint density at radius 1 is 1.30 bits per heavy atom. The maximum absolute atomic E-state index is 5.21. The predicted octanol–water partition coefficient (Wildman–Crippen LogP) is 1.16. The minimum absolute atomic E-state index is 0. The summed E-state index contributed by atoms with van der Waals surface area (Å²) in [6, 6.07) is 0. The fraction of sp³-hybridized carbons (Fsp3) is 0.583. The molecule has 20 heavy (non-hydrogen) atoms. The van der Waals surface area contributed by atoms with Gasteiger partial charge in [-0.05, 0) is 18.8 Å². The van der Waals surface area contributed by atoms with Crippen LogP contribution in [0.4, 0.5) is 17.8 Å². The summed E-state index contributed by atoms with van der Waals surface area (Å²) in [5.74, 6) is 4.61. The van der Waals surface area contributed by atoms with Crippen LogP contribution in [0.3, 0.4) is 0 Å². The van der Waals surface area contributed by atoms with E-state index >= 15 is 0 Å². The van der Waals surface area contributed by atoms with Gasteiger partial charge in [0.2, 0.25) is 11.9 Å². The summed E-state index contributed by atoms with van der Waals surface area (Å²) in [7, 11) is 3.28. The zero-order valence-electron chi connectivity index (χ0n) is 11.6. The number of hydrogen-bond acceptors (Lipinski definition) is 7. The number of rotatable bonds is 7. The molecule has 1 saturated carbocycles. The van der Waals surface area contributed by atoms with Crippen LogP contribution >= 0.6 is 12.4 Å². The van der Waals surface area contributed by atoms with Gasteiger partial charge < -0.3 is 10.6 Å². The molecule has 0 saturated heterocycles. The van der Waals surface area contributed by atoms with Crippen molar-refractivity contribution < 1.29 is 4.84 Å². The second kappa shape index (κ2) is 7.72. The van der Waals surface area contributed by atoms with E-state index in [2.05, 4.69) is 31.5 Å². The molecule has 0 aliphatic heterocycles. The van der Waals surface area contributed by atoms with E-state index in [4.69, 9.17) is 11.3 Å². The largest absolute Gasteiger partial charge is 0.354 e. The first-order valence-corrected chi connectivity index (χ1v) is 6.18. The fourth-order valence-electron chi connectivity index (χ4n) is 1.43. The highest BCUT2D eigenvalue weighted by molar-refractivity contribution is 5.85. The van der Waals surface area contributed by atoms with E-state index in [1.807, 2.05) is 0 Å². The molecular formula is C12H19ClN6O. The molecule has 2 rings (SSSR count). The van der Waals surface area contributed by atoms with Crippen LogP contribution in [0.15, 0.2) is 0 Å². The van der Waals surface area contributed by atoms with E-state index in [1.165, 1.54) is 17.9 Å². The van der Waals surface area contributed by atoms with Crippen LogP contribution in [-0.2, 0) is 4.84 Å². The van der Waals surface area contributed by atoms with Gasteiger partial charge in [0, 0.05) is 13.6 Å². The lowest BCUT2D eigenvalue weighted by Crippen LogP contribution is -2.20. The molecule has 0 amide bonds. The summed E-state index contributed by atoms with van der Waals surface area (Å²) in [5, 5.41) is 7.61. The van der Waals surface area contributed by atoms with Gasteiger partial charge in [-0.15, -0.1) is 18.8 Å². The van der Waals surface area contributed by atoms with Gasteiger partial charge in [0.25, 0.3) is 5.95 Å². The molecule has 0 bridgehead atoms. The first-order valence-electron chi connectivity index (χ1n) is 6.18. The third-order valence-electron chi connectivity index (χ3n) is 2.77. The summed E-state index contributed by atoms with van der Waals surface area (Å²) in [5.41, 5.74) is 0. The Labute approximate surface area is 124 Å². The van der Waals surface area contributed by atoms with Crippen LogP contribution < -0.4 is 15.7 Å². The number of anilines is 3. The maximum atomic E-state index is 5.21. The summed E-state index contributed by atoms with van der Waals surface area (Å²) in [6.45, 7) is 1.25. The van der Waals surface area contributed by atoms with Gasteiger partial charge in [-0.2, -0.15) is 15.0 Å². The second-order valence-electron chi connectivity index (χ2n) is 4.34. The lowest BCUT2D eigenvalue weighted by molar-refractivity contribution is 0.180. The molecule has 1 heterocycles. The topological polar surface area (TPSA) is 75.2 Å². The molecule has 0 radical (unpaired) electrons. The Balaban J connectivity index is 0.00000200. The minimum Gasteiger partial charge on any atom is -0.354 e. The van der Waals surface area contributed by atoms with Crippen LogP contribution in [0.1, 0.15) is 12.8 Å². The number of hydroxylamine groups is 1. The summed E-state index contributed by atoms with van der Waals surface area (Å²) >= 11 is 0. The smallest absolute Gasteiger partial charge is 0.256 e. The highest BCUT2D eigenvalue weighted by atomic mass is 35.5. The van der Waals surface area contributed by atoms with Crippen molar-refractivity contribution in [2.24, 2.45) is 5.92 Å². The molecule has 0 atom stereocenters. The zero-order valence-corrected chi connectivity index (χ0v) is 12.4. The lowest BCUT2D eigenvalue weighted by atomic mass is 10.4. The van der Waals surface area contributed by atoms with Gasteiger partial charge in [-0.25, -0.2) is 5.06 Å². The molecule has 1 aliphatic carbocycles. The molecular weight excluding hydrogens is 280 g/mol. The van der Waals surface area contributed by atoms with E-state index < -0.39 is 0 Å². The third kappa shape index (κ3) is 4.72. The third-order valence-corrected chi connectivity index (χ3v) is 2.77. The van der Waals surface area contributed by atoms with E-state index in [1.54, 1.807) is 14.2 Å². The number of nitrogens with zero attached hydrogens (tertiary/aromatic N) is 4. The van der Waals surface area contributed by atoms with Crippen molar-refractivity contribution in [2.75, 3.05) is 42.9 Å². The molecule has 0 aromatic carbocycles. The van der Waals surface area contributed by atoms with Crippen LogP contribution in [0, 0.1) is 18.3 Å². The molecule has 2 N–H and O–H groups in total. The minimum atomic E-state index is 0. The van der Waals surface area contributed by atoms with Gasteiger partial charge in [0.05, 0.1) is 13.7 Å². The lowest BCUT2D eigenvalue weighted by Gasteiger charge is -2.15. The highest BCUT2D eigenvalue weighted by Crippen LogP contribution is 2.28. The van der Waals surface area contributed by atoms with Gasteiger partial charge in [-0.1, -0.05) is 5.92 Å². The van der Waals surface area contributed by atoms with Gasteiger partial charge in [-0.3, -0.25) is 4.84 Å². The van der Waals surface area contributed by atoms with Crippen molar-refractivity contribution in [3.63, 3.8) is 0 Å². The zero-order chi connectivity index (χ0) is 13.7. The average molecular weight is 299 g/mol. The first kappa shape index (κ1) is 16.3. The quantitative estimate of drug-likeness (QED) is 0.578. The summed E-state index contributed by atoms with van der Waals surface area (Å²) in [6.07, 6.45) is 7.75. The number of terminal acetylenes is 1. The van der Waals surface area contributed by atoms with Crippen LogP contribution in [0.25, 0.3) is 0 Å². The molecule has 1 fully saturated rings. The number of halogens is 1. The van der Waals surface area contributed by atoms with Crippen molar-refractivity contribution in [3.05, 3.63) is 0 Å². The van der Waals surface area contributed by atoms with E-state index in [-0.39, 0.29) is 12.4 Å². The van der Waals surface area contributed by atoms with Crippen molar-refractivity contribution in [1.29, 1.82) is 0 Å². The summed E-state index contributed by atoms with van der Waals surface area (Å²) in [4.78, 5) is 17.8. The van der Waals surface area contributed by atoms with Crippen molar-refractivity contribution >= 4 is 30.3 Å². The Kier molecular flexibility index (Phi) is 6.28. The first-order chi connectivity index (χ1) is 9.22. The molecule has 8 heteroatoms. The van der Waals surface area contributed by atoms with Gasteiger partial charge in [0.15, 0.2) is 0 Å². The standard InChI is InChI=1S/C12H18N6O.ClH/c1-4-7-13-10-15-11(14-8-9-5-6-9)17-12(16-10)18(2)19-3;/h1,9H,5-8H2,2-3H3,(H2,13,14,15,16,17);1H. The summed E-state index contributed by atoms with van der Waals surface area (Å²) < 4.78 is 0. The average Bonchev–Trinajstić information content (AvgIpc) is 3.26. The molecule has 0 spiro atoms. The Hall–Kier alpha value is -1.78. The van der Waals surface area contributed by atoms with Gasteiger partial charge >= 0.3 is 0 Å².